The monoisotopic (exact) mass is 410 g/mol. The number of nitrogens with zero attached hydrogens (tertiary/aromatic N) is 2. The van der Waals surface area contributed by atoms with E-state index in [0.29, 0.717) is 17.1 Å². The molecule has 0 atom stereocenters. The fourth-order valence-electron chi connectivity index (χ4n) is 2.99. The van der Waals surface area contributed by atoms with Gasteiger partial charge in [-0.05, 0) is 60.1 Å². The van der Waals surface area contributed by atoms with Crippen molar-refractivity contribution in [3.8, 4) is 5.75 Å². The molecule has 1 fully saturated rings. The number of carbonyl (C=O) groups excluding carboxylic acids is 2. The second-order valence-corrected chi connectivity index (χ2v) is 6.77. The van der Waals surface area contributed by atoms with Gasteiger partial charge >= 0.3 is 5.97 Å². The zero-order valence-electron chi connectivity index (χ0n) is 16.5. The minimum Gasteiger partial charge on any atom is -0.497 e. The predicted octanol–water partition coefficient (Wildman–Crippen LogP) is 3.41. The molecule has 29 heavy (non-hydrogen) atoms. The number of amides is 1. The van der Waals surface area contributed by atoms with Crippen molar-refractivity contribution in [2.24, 2.45) is 0 Å². The number of methoxy groups -OCH3 is 2. The molecule has 0 spiro atoms. The second-order valence-electron chi connectivity index (χ2n) is 6.41. The van der Waals surface area contributed by atoms with E-state index < -0.39 is 5.97 Å². The van der Waals surface area contributed by atoms with Crippen LogP contribution in [0, 0.1) is 0 Å². The van der Waals surface area contributed by atoms with Crippen molar-refractivity contribution in [1.82, 2.24) is 4.90 Å². The normalized spacial score (nSPS) is 15.2. The summed E-state index contributed by atoms with van der Waals surface area (Å²) in [6.07, 6.45) is 2.60. The highest BCUT2D eigenvalue weighted by atomic mass is 32.1. The van der Waals surface area contributed by atoms with Crippen LogP contribution in [-0.2, 0) is 20.7 Å². The Labute approximate surface area is 175 Å². The maximum atomic E-state index is 13.2. The Morgan fingerprint density at radius 1 is 1.07 bits per heavy atom. The van der Waals surface area contributed by atoms with Gasteiger partial charge in [0.15, 0.2) is 5.11 Å². The number of anilines is 1. The van der Waals surface area contributed by atoms with E-state index in [1.54, 1.807) is 25.3 Å². The molecule has 1 saturated heterocycles. The lowest BCUT2D eigenvalue weighted by Crippen LogP contribution is -2.35. The van der Waals surface area contributed by atoms with Gasteiger partial charge in [-0.3, -0.25) is 14.5 Å². The van der Waals surface area contributed by atoms with Gasteiger partial charge in [-0.15, -0.1) is 0 Å². The van der Waals surface area contributed by atoms with Crippen LogP contribution < -0.4 is 9.64 Å². The first-order valence-corrected chi connectivity index (χ1v) is 9.56. The van der Waals surface area contributed by atoms with Crippen molar-refractivity contribution in [3.63, 3.8) is 0 Å². The summed E-state index contributed by atoms with van der Waals surface area (Å²) in [5.74, 6) is -0.0626. The highest BCUT2D eigenvalue weighted by molar-refractivity contribution is 7.80. The summed E-state index contributed by atoms with van der Waals surface area (Å²) in [5.41, 5.74) is 2.91. The van der Waals surface area contributed by atoms with Gasteiger partial charge in [0.05, 0.1) is 19.9 Å². The molecule has 0 N–H and O–H groups in total. The summed E-state index contributed by atoms with van der Waals surface area (Å²) >= 11 is 5.54. The molecular weight excluding hydrogens is 388 g/mol. The van der Waals surface area contributed by atoms with Crippen LogP contribution in [0.25, 0.3) is 6.08 Å². The summed E-state index contributed by atoms with van der Waals surface area (Å²) < 4.78 is 9.95. The first kappa shape index (κ1) is 20.5. The molecule has 6 nitrogen and oxygen atoms in total. The summed E-state index contributed by atoms with van der Waals surface area (Å²) in [4.78, 5) is 28.1. The predicted molar refractivity (Wildman–Crippen MR) is 116 cm³/mol. The molecule has 0 bridgehead atoms. The van der Waals surface area contributed by atoms with Crippen LogP contribution in [0.3, 0.4) is 0 Å². The lowest BCUT2D eigenvalue weighted by Gasteiger charge is -2.19. The smallest absolute Gasteiger partial charge is 0.325 e. The van der Waals surface area contributed by atoms with E-state index in [4.69, 9.17) is 21.7 Å². The number of hydrogen-bond acceptors (Lipinski definition) is 5. The third kappa shape index (κ3) is 4.30. The van der Waals surface area contributed by atoms with Crippen LogP contribution in [0.5, 0.6) is 5.75 Å². The fraction of sp³-hybridized carbons (Fsp3) is 0.227. The third-order valence-electron chi connectivity index (χ3n) is 4.67. The van der Waals surface area contributed by atoms with Gasteiger partial charge < -0.3 is 14.4 Å². The van der Waals surface area contributed by atoms with Crippen molar-refractivity contribution in [3.05, 3.63) is 65.4 Å². The molecule has 7 heteroatoms. The largest absolute Gasteiger partial charge is 0.497 e. The van der Waals surface area contributed by atoms with Crippen molar-refractivity contribution in [1.29, 1.82) is 0 Å². The number of esters is 1. The van der Waals surface area contributed by atoms with Crippen molar-refractivity contribution in [2.75, 3.05) is 25.7 Å². The summed E-state index contributed by atoms with van der Waals surface area (Å²) in [6, 6.07) is 14.9. The van der Waals surface area contributed by atoms with Crippen LogP contribution in [0.15, 0.2) is 54.2 Å². The molecule has 2 aromatic rings. The van der Waals surface area contributed by atoms with Gasteiger partial charge in [-0.25, -0.2) is 0 Å². The van der Waals surface area contributed by atoms with Crippen LogP contribution in [0.2, 0.25) is 0 Å². The highest BCUT2D eigenvalue weighted by Crippen LogP contribution is 2.29. The van der Waals surface area contributed by atoms with Crippen LogP contribution in [0.4, 0.5) is 5.69 Å². The summed E-state index contributed by atoms with van der Waals surface area (Å²) in [5, 5.41) is 0.240. The van der Waals surface area contributed by atoms with Crippen molar-refractivity contribution >= 4 is 41.0 Å². The Balaban J connectivity index is 2.00. The average molecular weight is 410 g/mol. The van der Waals surface area contributed by atoms with E-state index in [2.05, 4.69) is 6.92 Å². The Bertz CT molecular complexity index is 952. The summed E-state index contributed by atoms with van der Waals surface area (Å²) in [6.45, 7) is 1.92. The lowest BCUT2D eigenvalue weighted by atomic mass is 10.1. The maximum Gasteiger partial charge on any atom is 0.325 e. The molecule has 3 rings (SSSR count). The minimum absolute atomic E-state index is 0.146. The van der Waals surface area contributed by atoms with Crippen LogP contribution in [-0.4, -0.2) is 42.7 Å². The van der Waals surface area contributed by atoms with Gasteiger partial charge in [0.1, 0.15) is 18.0 Å². The number of thiocarbonyl (C=S) groups is 1. The zero-order chi connectivity index (χ0) is 21.0. The van der Waals surface area contributed by atoms with E-state index in [9.17, 15) is 9.59 Å². The molecule has 0 aromatic heterocycles. The van der Waals surface area contributed by atoms with Crippen LogP contribution in [0.1, 0.15) is 18.1 Å². The molecule has 0 saturated carbocycles. The molecule has 0 radical (unpaired) electrons. The first-order valence-electron chi connectivity index (χ1n) is 9.16. The standard InChI is InChI=1S/C22H22N2O4S/c1-4-15-5-9-17(10-6-15)24-21(26)19(23(22(24)29)14-20(25)28-3)13-16-7-11-18(27-2)12-8-16/h5-13H,4,14H2,1-3H3/b19-13-. The molecule has 1 heterocycles. The SMILES string of the molecule is CCc1ccc(N2C(=O)/C(=C/c3ccc(OC)cc3)N(CC(=O)OC)C2=S)cc1. The fourth-order valence-corrected chi connectivity index (χ4v) is 3.34. The van der Waals surface area contributed by atoms with Gasteiger partial charge in [0.25, 0.3) is 5.91 Å². The molecule has 1 aliphatic rings. The average Bonchev–Trinajstić information content (AvgIpc) is 2.98. The topological polar surface area (TPSA) is 59.1 Å². The van der Waals surface area contributed by atoms with Gasteiger partial charge in [-0.1, -0.05) is 31.2 Å². The molecule has 150 valence electrons. The quantitative estimate of drug-likeness (QED) is 0.413. The number of benzene rings is 2. The van der Waals surface area contributed by atoms with E-state index in [0.717, 1.165) is 17.5 Å². The number of carbonyl (C=O) groups is 2. The Hall–Kier alpha value is -3.19. The molecule has 2 aromatic carbocycles. The van der Waals surface area contributed by atoms with Gasteiger partial charge in [-0.2, -0.15) is 0 Å². The van der Waals surface area contributed by atoms with Gasteiger partial charge in [0.2, 0.25) is 0 Å². The number of hydrogen-bond donors (Lipinski definition) is 0. The summed E-state index contributed by atoms with van der Waals surface area (Å²) in [7, 11) is 2.89. The van der Waals surface area contributed by atoms with E-state index in [1.807, 2.05) is 36.4 Å². The van der Waals surface area contributed by atoms with Crippen molar-refractivity contribution < 1.29 is 19.1 Å². The molecule has 1 aliphatic heterocycles. The van der Waals surface area contributed by atoms with E-state index in [1.165, 1.54) is 16.9 Å². The maximum absolute atomic E-state index is 13.2. The third-order valence-corrected chi connectivity index (χ3v) is 5.08. The number of ether oxygens (including phenoxy) is 2. The zero-order valence-corrected chi connectivity index (χ0v) is 17.4. The highest BCUT2D eigenvalue weighted by Gasteiger charge is 2.40. The van der Waals surface area contributed by atoms with Gasteiger partial charge in [0, 0.05) is 0 Å². The molecule has 0 unspecified atom stereocenters. The minimum atomic E-state index is -0.482. The number of aryl methyl sites for hydroxylation is 1. The Kier molecular flexibility index (Phi) is 6.29. The lowest BCUT2D eigenvalue weighted by molar-refractivity contribution is -0.140. The number of rotatable bonds is 6. The molecular formula is C22H22N2O4S. The van der Waals surface area contributed by atoms with E-state index in [-0.39, 0.29) is 17.6 Å². The van der Waals surface area contributed by atoms with E-state index >= 15 is 0 Å². The first-order chi connectivity index (χ1) is 14.0. The Morgan fingerprint density at radius 2 is 1.72 bits per heavy atom. The molecule has 0 aliphatic carbocycles. The molecule has 1 amide bonds. The Morgan fingerprint density at radius 3 is 2.28 bits per heavy atom. The van der Waals surface area contributed by atoms with Crippen molar-refractivity contribution in [2.45, 2.75) is 13.3 Å². The second kappa shape index (κ2) is 8.87. The van der Waals surface area contributed by atoms with Crippen LogP contribution >= 0.6 is 12.2 Å².